The second-order valence-electron chi connectivity index (χ2n) is 3.30. The minimum absolute atomic E-state index is 0.106. The molecule has 71 valence electrons. The summed E-state index contributed by atoms with van der Waals surface area (Å²) in [5, 5.41) is 11.8. The van der Waals surface area contributed by atoms with E-state index in [-0.39, 0.29) is 5.92 Å². The quantitative estimate of drug-likeness (QED) is 0.774. The maximum Gasteiger partial charge on any atom is 0.122 e. The summed E-state index contributed by atoms with van der Waals surface area (Å²) < 4.78 is 1.77. The Morgan fingerprint density at radius 1 is 1.15 bits per heavy atom. The maximum atomic E-state index is 11.8. The smallest absolute Gasteiger partial charge is 0.122 e. The first-order valence-electron chi connectivity index (χ1n) is 4.13. The van der Waals surface area contributed by atoms with Gasteiger partial charge in [-0.25, -0.2) is 5.11 Å². The number of halogens is 2. The fourth-order valence-electron chi connectivity index (χ4n) is 1.12. The zero-order chi connectivity index (χ0) is 10.0. The van der Waals surface area contributed by atoms with E-state index < -0.39 is 6.10 Å². The zero-order valence-corrected chi connectivity index (χ0v) is 10.7. The lowest BCUT2D eigenvalue weighted by molar-refractivity contribution is 0.0476. The van der Waals surface area contributed by atoms with Gasteiger partial charge in [0.2, 0.25) is 0 Å². The van der Waals surface area contributed by atoms with Crippen molar-refractivity contribution in [2.24, 2.45) is 5.92 Å². The molecule has 1 radical (unpaired) electrons. The van der Waals surface area contributed by atoms with Crippen LogP contribution in [0.1, 0.15) is 25.5 Å². The van der Waals surface area contributed by atoms with Crippen molar-refractivity contribution in [2.45, 2.75) is 20.0 Å². The lowest BCUT2D eigenvalue weighted by atomic mass is 9.99. The average molecular weight is 307 g/mol. The van der Waals surface area contributed by atoms with Crippen molar-refractivity contribution in [3.63, 3.8) is 0 Å². The Morgan fingerprint density at radius 2 is 1.62 bits per heavy atom. The third-order valence-electron chi connectivity index (χ3n) is 1.89. The van der Waals surface area contributed by atoms with Crippen LogP contribution in [0.15, 0.2) is 27.1 Å². The molecule has 3 heteroatoms. The van der Waals surface area contributed by atoms with Gasteiger partial charge in [-0.2, -0.15) is 0 Å². The summed E-state index contributed by atoms with van der Waals surface area (Å²) in [5.74, 6) is 0.106. The number of benzene rings is 1. The molecule has 1 atom stereocenters. The van der Waals surface area contributed by atoms with E-state index >= 15 is 0 Å². The topological polar surface area (TPSA) is 19.9 Å². The van der Waals surface area contributed by atoms with Gasteiger partial charge in [-0.3, -0.25) is 0 Å². The van der Waals surface area contributed by atoms with Crippen molar-refractivity contribution < 1.29 is 5.11 Å². The van der Waals surface area contributed by atoms with Crippen molar-refractivity contribution in [1.82, 2.24) is 0 Å². The van der Waals surface area contributed by atoms with Crippen molar-refractivity contribution >= 4 is 31.9 Å². The number of hydrogen-bond donors (Lipinski definition) is 0. The van der Waals surface area contributed by atoms with Crippen LogP contribution in [0.25, 0.3) is 0 Å². The van der Waals surface area contributed by atoms with Crippen LogP contribution in [-0.4, -0.2) is 0 Å². The highest BCUT2D eigenvalue weighted by molar-refractivity contribution is 9.11. The van der Waals surface area contributed by atoms with Crippen LogP contribution in [0, 0.1) is 5.92 Å². The number of rotatable bonds is 2. The normalized spacial score (nSPS) is 13.4. The zero-order valence-electron chi connectivity index (χ0n) is 7.55. The molecule has 13 heavy (non-hydrogen) atoms. The van der Waals surface area contributed by atoms with Crippen molar-refractivity contribution in [3.05, 3.63) is 32.7 Å². The van der Waals surface area contributed by atoms with Gasteiger partial charge in [0.25, 0.3) is 0 Å². The molecule has 0 fully saturated rings. The van der Waals surface area contributed by atoms with Crippen LogP contribution in [0.2, 0.25) is 0 Å². The summed E-state index contributed by atoms with van der Waals surface area (Å²) in [6.07, 6.45) is -0.676. The molecule has 0 saturated carbocycles. The molecular weight excluding hydrogens is 296 g/mol. The van der Waals surface area contributed by atoms with Gasteiger partial charge < -0.3 is 0 Å². The largest absolute Gasteiger partial charge is 0.228 e. The minimum atomic E-state index is -0.676. The van der Waals surface area contributed by atoms with Gasteiger partial charge in [0.15, 0.2) is 0 Å². The van der Waals surface area contributed by atoms with Crippen molar-refractivity contribution in [3.8, 4) is 0 Å². The maximum absolute atomic E-state index is 11.8. The molecule has 0 spiro atoms. The Morgan fingerprint density at radius 3 is 2.00 bits per heavy atom. The predicted octanol–water partition coefficient (Wildman–Crippen LogP) is 4.34. The Balaban J connectivity index is 3.12. The highest BCUT2D eigenvalue weighted by Crippen LogP contribution is 2.34. The van der Waals surface area contributed by atoms with Crippen molar-refractivity contribution in [1.29, 1.82) is 0 Å². The molecular formula is C10H11Br2O. The van der Waals surface area contributed by atoms with Gasteiger partial charge in [-0.15, -0.1) is 0 Å². The Bertz CT molecular complexity index is 277. The van der Waals surface area contributed by atoms with E-state index in [9.17, 15) is 5.11 Å². The monoisotopic (exact) mass is 305 g/mol. The van der Waals surface area contributed by atoms with Gasteiger partial charge in [0, 0.05) is 14.5 Å². The van der Waals surface area contributed by atoms with Crippen LogP contribution in [0.3, 0.4) is 0 Å². The lowest BCUT2D eigenvalue weighted by Crippen LogP contribution is -2.05. The van der Waals surface area contributed by atoms with Crippen LogP contribution in [0.5, 0.6) is 0 Å². The van der Waals surface area contributed by atoms with Gasteiger partial charge >= 0.3 is 0 Å². The van der Waals surface area contributed by atoms with Crippen molar-refractivity contribution in [2.75, 3.05) is 0 Å². The molecule has 1 aromatic carbocycles. The third kappa shape index (κ3) is 2.55. The summed E-state index contributed by atoms with van der Waals surface area (Å²) in [5.41, 5.74) is 0.817. The summed E-state index contributed by atoms with van der Waals surface area (Å²) in [6, 6.07) is 5.70. The summed E-state index contributed by atoms with van der Waals surface area (Å²) in [6.45, 7) is 3.87. The summed E-state index contributed by atoms with van der Waals surface area (Å²) >= 11 is 6.77. The van der Waals surface area contributed by atoms with E-state index in [1.807, 2.05) is 32.0 Å². The average Bonchev–Trinajstić information content (AvgIpc) is 2.03. The lowest BCUT2D eigenvalue weighted by Gasteiger charge is -2.15. The third-order valence-corrected chi connectivity index (χ3v) is 3.27. The van der Waals surface area contributed by atoms with E-state index in [2.05, 4.69) is 31.9 Å². The molecule has 1 rings (SSSR count). The first-order chi connectivity index (χ1) is 6.04. The highest BCUT2D eigenvalue weighted by Gasteiger charge is 2.19. The molecule has 1 aromatic rings. The first kappa shape index (κ1) is 11.2. The molecule has 0 N–H and O–H groups in total. The summed E-state index contributed by atoms with van der Waals surface area (Å²) in [4.78, 5) is 0. The molecule has 0 aliphatic rings. The summed E-state index contributed by atoms with van der Waals surface area (Å²) in [7, 11) is 0. The number of hydrogen-bond acceptors (Lipinski definition) is 0. The van der Waals surface area contributed by atoms with Crippen LogP contribution in [-0.2, 0) is 5.11 Å². The van der Waals surface area contributed by atoms with Gasteiger partial charge in [-0.05, 0) is 18.1 Å². The minimum Gasteiger partial charge on any atom is -0.228 e. The molecule has 1 nitrogen and oxygen atoms in total. The first-order valence-corrected chi connectivity index (χ1v) is 5.72. The fraction of sp³-hybridized carbons (Fsp3) is 0.400. The van der Waals surface area contributed by atoms with Gasteiger partial charge in [-0.1, -0.05) is 51.8 Å². The second-order valence-corrected chi connectivity index (χ2v) is 5.01. The Hall–Kier alpha value is 0.140. The molecule has 0 aliphatic carbocycles. The van der Waals surface area contributed by atoms with E-state index in [1.165, 1.54) is 0 Å². The van der Waals surface area contributed by atoms with E-state index in [0.29, 0.717) is 0 Å². The van der Waals surface area contributed by atoms with E-state index in [0.717, 1.165) is 14.5 Å². The Kier molecular flexibility index (Phi) is 3.95. The van der Waals surface area contributed by atoms with Crippen LogP contribution in [0.4, 0.5) is 0 Å². The standard InChI is InChI=1S/C10H11Br2O/c1-6(2)10(13)9-7(11)4-3-5-8(9)12/h3-6,10H,1-2H3. The molecule has 0 aliphatic heterocycles. The van der Waals surface area contributed by atoms with E-state index in [4.69, 9.17) is 0 Å². The Labute approximate surface area is 95.4 Å². The van der Waals surface area contributed by atoms with E-state index in [1.54, 1.807) is 0 Å². The molecule has 0 aromatic heterocycles. The molecule has 0 heterocycles. The van der Waals surface area contributed by atoms with Crippen LogP contribution < -0.4 is 0 Å². The highest BCUT2D eigenvalue weighted by atomic mass is 79.9. The van der Waals surface area contributed by atoms with Gasteiger partial charge in [0.05, 0.1) is 0 Å². The molecule has 0 amide bonds. The van der Waals surface area contributed by atoms with Gasteiger partial charge in [0.1, 0.15) is 6.10 Å². The molecule has 0 saturated heterocycles. The predicted molar refractivity (Wildman–Crippen MR) is 60.1 cm³/mol. The molecule has 1 unspecified atom stereocenters. The fourth-order valence-corrected chi connectivity index (χ4v) is 2.57. The second kappa shape index (κ2) is 4.58. The SMILES string of the molecule is CC(C)C([O])c1c(Br)cccc1Br. The molecule has 0 bridgehead atoms. The van der Waals surface area contributed by atoms with Crippen LogP contribution >= 0.6 is 31.9 Å².